The van der Waals surface area contributed by atoms with Crippen molar-refractivity contribution in [1.29, 1.82) is 0 Å². The van der Waals surface area contributed by atoms with Crippen LogP contribution in [0.1, 0.15) is 21.6 Å². The molecule has 1 aromatic heterocycles. The highest BCUT2D eigenvalue weighted by Gasteiger charge is 2.34. The van der Waals surface area contributed by atoms with Crippen molar-refractivity contribution >= 4 is 28.3 Å². The van der Waals surface area contributed by atoms with Crippen molar-refractivity contribution in [3.63, 3.8) is 0 Å². The number of halogens is 3. The molecule has 1 aliphatic rings. The van der Waals surface area contributed by atoms with Gasteiger partial charge in [0.05, 0.1) is 41.8 Å². The minimum absolute atomic E-state index is 0.00911. The quantitative estimate of drug-likeness (QED) is 0.371. The van der Waals surface area contributed by atoms with Crippen molar-refractivity contribution in [3.05, 3.63) is 68.5 Å². The molecule has 2 aromatic carbocycles. The number of aromatic nitrogens is 1. The molecule has 0 fully saturated rings. The zero-order chi connectivity index (χ0) is 25.2. The second-order valence-corrected chi connectivity index (χ2v) is 8.68. The number of fused-ring (bicyclic) bond motifs is 1. The maximum Gasteiger partial charge on any atom is 0.416 e. The van der Waals surface area contributed by atoms with Crippen LogP contribution in [-0.4, -0.2) is 52.9 Å². The zero-order valence-electron chi connectivity index (χ0n) is 18.4. The van der Waals surface area contributed by atoms with E-state index in [0.717, 1.165) is 17.4 Å². The second kappa shape index (κ2) is 10.0. The Labute approximate surface area is 201 Å². The summed E-state index contributed by atoms with van der Waals surface area (Å²) in [7, 11) is 1.29. The van der Waals surface area contributed by atoms with Gasteiger partial charge in [0.2, 0.25) is 5.88 Å². The van der Waals surface area contributed by atoms with E-state index >= 15 is 0 Å². The van der Waals surface area contributed by atoms with Gasteiger partial charge in [-0.3, -0.25) is 0 Å². The highest BCUT2D eigenvalue weighted by atomic mass is 32.1. The Morgan fingerprint density at radius 3 is 2.71 bits per heavy atom. The first-order valence-corrected chi connectivity index (χ1v) is 11.2. The van der Waals surface area contributed by atoms with Gasteiger partial charge in [-0.05, 0) is 40.6 Å². The van der Waals surface area contributed by atoms with Gasteiger partial charge >= 0.3 is 6.18 Å². The van der Waals surface area contributed by atoms with Gasteiger partial charge in [0, 0.05) is 18.5 Å². The maximum absolute atomic E-state index is 13.9. The van der Waals surface area contributed by atoms with E-state index in [4.69, 9.17) is 9.84 Å². The Hall–Kier alpha value is -3.48. The van der Waals surface area contributed by atoms with Gasteiger partial charge in [0.25, 0.3) is 0 Å². The minimum atomic E-state index is -4.62. The van der Waals surface area contributed by atoms with Crippen molar-refractivity contribution < 1.29 is 33.2 Å². The summed E-state index contributed by atoms with van der Waals surface area (Å²) in [6.07, 6.45) is -4.29. The molecule has 184 valence electrons. The van der Waals surface area contributed by atoms with E-state index in [1.807, 2.05) is 0 Å². The maximum atomic E-state index is 13.9. The lowest BCUT2D eigenvalue weighted by Crippen LogP contribution is -2.22. The molecule has 2 heterocycles. The fraction of sp³-hybridized carbons (Fsp3) is 0.261. The highest BCUT2D eigenvalue weighted by Crippen LogP contribution is 2.39. The molecule has 1 atom stereocenters. The summed E-state index contributed by atoms with van der Waals surface area (Å²) in [5.74, 6) is -0.292. The van der Waals surface area contributed by atoms with Crippen molar-refractivity contribution in [2.75, 3.05) is 25.6 Å². The summed E-state index contributed by atoms with van der Waals surface area (Å²) in [5.41, 5.74) is 0.249. The van der Waals surface area contributed by atoms with E-state index in [9.17, 15) is 23.4 Å². The van der Waals surface area contributed by atoms with E-state index in [1.54, 1.807) is 24.4 Å². The fourth-order valence-electron chi connectivity index (χ4n) is 3.55. The SMILES string of the molecule is COc1ccc(CC(c2sc(NC[C@@H](O)CO)nc2O)=c2ccc3c(c2)C=NN=3)c(C(F)(F)F)c1. The molecule has 0 amide bonds. The Balaban J connectivity index is 1.85. The molecule has 0 saturated heterocycles. The van der Waals surface area contributed by atoms with E-state index in [-0.39, 0.29) is 40.2 Å². The second-order valence-electron chi connectivity index (χ2n) is 7.68. The number of aromatic hydroxyl groups is 1. The number of aliphatic hydroxyl groups is 2. The van der Waals surface area contributed by atoms with Crippen LogP contribution < -0.4 is 20.6 Å². The average molecular weight is 507 g/mol. The minimum Gasteiger partial charge on any atom is -0.497 e. The molecule has 0 aliphatic carbocycles. The van der Waals surface area contributed by atoms with Gasteiger partial charge in [0.1, 0.15) is 5.75 Å². The molecule has 4 N–H and O–H groups in total. The van der Waals surface area contributed by atoms with Crippen LogP contribution >= 0.6 is 11.3 Å². The largest absolute Gasteiger partial charge is 0.497 e. The van der Waals surface area contributed by atoms with Gasteiger partial charge in [-0.2, -0.15) is 28.4 Å². The number of rotatable bonds is 8. The van der Waals surface area contributed by atoms with Crippen molar-refractivity contribution in [2.24, 2.45) is 10.2 Å². The lowest BCUT2D eigenvalue weighted by Gasteiger charge is -2.15. The van der Waals surface area contributed by atoms with Crippen LogP contribution in [0.5, 0.6) is 11.6 Å². The van der Waals surface area contributed by atoms with Crippen LogP contribution in [0.25, 0.3) is 5.57 Å². The predicted octanol–water partition coefficient (Wildman–Crippen LogP) is 2.05. The Kier molecular flexibility index (Phi) is 7.05. The Bertz CT molecular complexity index is 1390. The number of nitrogens with zero attached hydrogens (tertiary/aromatic N) is 3. The third kappa shape index (κ3) is 5.45. The molecular weight excluding hydrogens is 485 g/mol. The first kappa shape index (κ1) is 24.6. The summed E-state index contributed by atoms with van der Waals surface area (Å²) in [4.78, 5) is 4.30. The van der Waals surface area contributed by atoms with Crippen LogP contribution in [0.15, 0.2) is 46.6 Å². The van der Waals surface area contributed by atoms with Crippen molar-refractivity contribution in [2.45, 2.75) is 18.7 Å². The number of hydrogen-bond donors (Lipinski definition) is 4. The molecule has 8 nitrogen and oxygen atoms in total. The van der Waals surface area contributed by atoms with E-state index in [1.165, 1.54) is 19.2 Å². The summed E-state index contributed by atoms with van der Waals surface area (Å²) in [6, 6.07) is 8.88. The smallest absolute Gasteiger partial charge is 0.416 e. The molecule has 4 rings (SSSR count). The first-order valence-electron chi connectivity index (χ1n) is 10.4. The third-order valence-corrected chi connectivity index (χ3v) is 6.37. The standard InChI is InChI=1S/C23H21F3N4O4S/c1-34-16-4-2-13(18(8-16)23(24,25)26)7-17(12-3-5-19-14(6-12)9-28-30-19)20-21(33)29-22(35-20)27-10-15(32)11-31/h2-6,8-9,15,31-33H,7,10-11H2,1H3,(H,27,29)/t15-/m1/s1. The molecule has 0 saturated carbocycles. The van der Waals surface area contributed by atoms with E-state index in [0.29, 0.717) is 21.7 Å². The van der Waals surface area contributed by atoms with E-state index in [2.05, 4.69) is 20.5 Å². The Morgan fingerprint density at radius 2 is 2.00 bits per heavy atom. The highest BCUT2D eigenvalue weighted by molar-refractivity contribution is 7.16. The van der Waals surface area contributed by atoms with Gasteiger partial charge in [-0.25, -0.2) is 0 Å². The monoisotopic (exact) mass is 506 g/mol. The summed E-state index contributed by atoms with van der Waals surface area (Å²) in [5, 5.41) is 41.3. The number of benzene rings is 2. The number of thiazole rings is 1. The topological polar surface area (TPSA) is 120 Å². The lowest BCUT2D eigenvalue weighted by molar-refractivity contribution is -0.138. The van der Waals surface area contributed by atoms with Gasteiger partial charge in [-0.15, -0.1) is 0 Å². The third-order valence-electron chi connectivity index (χ3n) is 5.31. The number of ether oxygens (including phenoxy) is 1. The average Bonchev–Trinajstić information content (AvgIpc) is 3.46. The molecule has 35 heavy (non-hydrogen) atoms. The molecule has 0 radical (unpaired) electrons. The molecular formula is C23H21F3N4O4S. The number of anilines is 1. The molecule has 12 heteroatoms. The lowest BCUT2D eigenvalue weighted by atomic mass is 9.96. The zero-order valence-corrected chi connectivity index (χ0v) is 19.2. The molecule has 0 bridgehead atoms. The van der Waals surface area contributed by atoms with Crippen LogP contribution in [-0.2, 0) is 12.6 Å². The predicted molar refractivity (Wildman–Crippen MR) is 124 cm³/mol. The van der Waals surface area contributed by atoms with Gasteiger partial charge < -0.3 is 25.4 Å². The number of nitrogens with one attached hydrogen (secondary N) is 1. The van der Waals surface area contributed by atoms with Crippen LogP contribution in [0.2, 0.25) is 0 Å². The summed E-state index contributed by atoms with van der Waals surface area (Å²) >= 11 is 1.02. The van der Waals surface area contributed by atoms with Gasteiger partial charge in [-0.1, -0.05) is 23.5 Å². The van der Waals surface area contributed by atoms with E-state index < -0.39 is 24.5 Å². The molecule has 0 spiro atoms. The van der Waals surface area contributed by atoms with Crippen LogP contribution in [0.4, 0.5) is 18.3 Å². The van der Waals surface area contributed by atoms with Crippen molar-refractivity contribution in [1.82, 2.24) is 4.98 Å². The fourth-order valence-corrected chi connectivity index (χ4v) is 4.48. The number of aliphatic hydroxyl groups excluding tert-OH is 2. The number of hydrogen-bond acceptors (Lipinski definition) is 9. The molecule has 1 aliphatic heterocycles. The summed E-state index contributed by atoms with van der Waals surface area (Å²) in [6.45, 7) is -0.486. The normalized spacial score (nSPS) is 14.3. The number of alkyl halides is 3. The van der Waals surface area contributed by atoms with Gasteiger partial charge in [0.15, 0.2) is 5.13 Å². The van der Waals surface area contributed by atoms with Crippen molar-refractivity contribution in [3.8, 4) is 11.6 Å². The summed E-state index contributed by atoms with van der Waals surface area (Å²) < 4.78 is 46.6. The molecule has 3 aromatic rings. The molecule has 0 unspecified atom stereocenters. The first-order chi connectivity index (χ1) is 16.7. The van der Waals surface area contributed by atoms with Crippen LogP contribution in [0, 0.1) is 0 Å². The number of methoxy groups -OCH3 is 1. The van der Waals surface area contributed by atoms with Crippen LogP contribution in [0.3, 0.4) is 0 Å². The Morgan fingerprint density at radius 1 is 1.20 bits per heavy atom.